The van der Waals surface area contributed by atoms with Gasteiger partial charge in [-0.1, -0.05) is 0 Å². The second kappa shape index (κ2) is 2.79. The Bertz CT molecular complexity index is 220. The Hall–Kier alpha value is -0.616. The van der Waals surface area contributed by atoms with Crippen molar-refractivity contribution < 1.29 is 20.1 Å². The van der Waals surface area contributed by atoms with Gasteiger partial charge in [-0.2, -0.15) is 0 Å². The first kappa shape index (κ1) is 6.50. The van der Waals surface area contributed by atoms with Crippen LogP contribution < -0.4 is 0 Å². The molecule has 0 fully saturated rings. The van der Waals surface area contributed by atoms with E-state index in [1.165, 1.54) is 4.99 Å². The molecule has 0 aromatic heterocycles. The summed E-state index contributed by atoms with van der Waals surface area (Å²) >= 11 is 4.35. The van der Waals surface area contributed by atoms with E-state index in [-0.39, 0.29) is 5.75 Å². The van der Waals surface area contributed by atoms with Crippen LogP contribution in [0.2, 0.25) is 0 Å². The number of aromatic hydroxyl groups is 1. The van der Waals surface area contributed by atoms with E-state index in [0.29, 0.717) is 0 Å². The molecule has 9 heavy (non-hydrogen) atoms. The van der Waals surface area contributed by atoms with Gasteiger partial charge in [0.25, 0.3) is 0 Å². The van der Waals surface area contributed by atoms with E-state index in [1.807, 2.05) is 6.07 Å². The number of phenols is 1. The SMILES string of the molecule is Oc1ccccc1[CH]=[Ni]. The van der Waals surface area contributed by atoms with Crippen LogP contribution in [0.4, 0.5) is 0 Å². The van der Waals surface area contributed by atoms with Gasteiger partial charge in [0.15, 0.2) is 0 Å². The fourth-order valence-electron chi connectivity index (χ4n) is 0.565. The van der Waals surface area contributed by atoms with Gasteiger partial charge in [-0.3, -0.25) is 0 Å². The van der Waals surface area contributed by atoms with Crippen LogP contribution in [-0.2, 0) is 15.0 Å². The Kier molecular flexibility index (Phi) is 2.02. The molecule has 0 aliphatic heterocycles. The summed E-state index contributed by atoms with van der Waals surface area (Å²) in [5, 5.41) is 9.02. The van der Waals surface area contributed by atoms with E-state index in [4.69, 9.17) is 5.11 Å². The van der Waals surface area contributed by atoms with Crippen LogP contribution in [0.5, 0.6) is 5.75 Å². The first-order valence-corrected chi connectivity index (χ1v) is 3.09. The Morgan fingerprint density at radius 3 is 2.44 bits per heavy atom. The maximum atomic E-state index is 9.02. The van der Waals surface area contributed by atoms with Gasteiger partial charge in [-0.05, 0) is 0 Å². The molecule has 0 unspecified atom stereocenters. The fraction of sp³-hybridized carbons (Fsp3) is 0. The molecule has 1 aromatic carbocycles. The fourth-order valence-corrected chi connectivity index (χ4v) is 0.806. The molecule has 1 N–H and O–H groups in total. The molecule has 1 rings (SSSR count). The summed E-state index contributed by atoms with van der Waals surface area (Å²) in [6.45, 7) is 0. The van der Waals surface area contributed by atoms with Crippen molar-refractivity contribution in [2.45, 2.75) is 0 Å². The Morgan fingerprint density at radius 1 is 1.33 bits per heavy atom. The Labute approximate surface area is 61.2 Å². The number of benzene rings is 1. The maximum absolute atomic E-state index is 9.02. The molecular weight excluding hydrogens is 159 g/mol. The Balaban J connectivity index is 3.15. The summed E-state index contributed by atoms with van der Waals surface area (Å²) in [5.74, 6) is 0.253. The minimum atomic E-state index is 0.253. The van der Waals surface area contributed by atoms with Gasteiger partial charge < -0.3 is 0 Å². The van der Waals surface area contributed by atoms with Crippen molar-refractivity contribution >= 4 is 4.99 Å². The quantitative estimate of drug-likeness (QED) is 0.617. The third-order valence-electron chi connectivity index (χ3n) is 1.04. The second-order valence-corrected chi connectivity index (χ2v) is 1.94. The zero-order valence-electron chi connectivity index (χ0n) is 4.65. The predicted molar refractivity (Wildman–Crippen MR) is 33.3 cm³/mol. The monoisotopic (exact) mass is 164 g/mol. The molecule has 0 aliphatic rings. The molecule has 50 valence electrons. The van der Waals surface area contributed by atoms with Crippen molar-refractivity contribution in [3.63, 3.8) is 0 Å². The first-order valence-electron chi connectivity index (χ1n) is 2.52. The predicted octanol–water partition coefficient (Wildman–Crippen LogP) is 1.09. The van der Waals surface area contributed by atoms with Gasteiger partial charge in [-0.25, -0.2) is 0 Å². The molecule has 1 nitrogen and oxygen atoms in total. The standard InChI is InChI=1S/C7H6O.Ni/c1-6-4-2-3-5-7(6)8;/h1-5,8H;. The average molecular weight is 165 g/mol. The van der Waals surface area contributed by atoms with E-state index in [9.17, 15) is 0 Å². The van der Waals surface area contributed by atoms with Crippen molar-refractivity contribution in [1.82, 2.24) is 0 Å². The number of para-hydroxylation sites is 1. The number of rotatable bonds is 1. The normalized spacial score (nSPS) is 9.11. The van der Waals surface area contributed by atoms with Crippen LogP contribution in [0.3, 0.4) is 0 Å². The van der Waals surface area contributed by atoms with Crippen LogP contribution >= 0.6 is 0 Å². The third-order valence-corrected chi connectivity index (χ3v) is 1.34. The van der Waals surface area contributed by atoms with Crippen LogP contribution in [0, 0.1) is 0 Å². The van der Waals surface area contributed by atoms with Crippen LogP contribution in [0.15, 0.2) is 24.3 Å². The van der Waals surface area contributed by atoms with Crippen molar-refractivity contribution in [1.29, 1.82) is 0 Å². The molecular formula is C7H6NiO. The molecule has 0 bridgehead atoms. The molecule has 0 spiro atoms. The zero-order chi connectivity index (χ0) is 6.69. The van der Waals surface area contributed by atoms with E-state index in [1.54, 1.807) is 18.2 Å². The number of hydrogen-bond acceptors (Lipinski definition) is 1. The molecule has 2 heteroatoms. The average Bonchev–Trinajstić information content (AvgIpc) is 1.89. The van der Waals surface area contributed by atoms with Crippen LogP contribution in [0.25, 0.3) is 0 Å². The molecule has 0 atom stereocenters. The van der Waals surface area contributed by atoms with E-state index < -0.39 is 0 Å². The van der Waals surface area contributed by atoms with Crippen molar-refractivity contribution in [2.75, 3.05) is 0 Å². The summed E-state index contributed by atoms with van der Waals surface area (Å²) in [7, 11) is 0. The summed E-state index contributed by atoms with van der Waals surface area (Å²) in [6.07, 6.45) is 0. The summed E-state index contributed by atoms with van der Waals surface area (Å²) < 4.78 is 0. The Morgan fingerprint density at radius 2 is 2.00 bits per heavy atom. The third kappa shape index (κ3) is 1.40. The molecule has 0 saturated carbocycles. The van der Waals surface area contributed by atoms with Gasteiger partial charge in [0.1, 0.15) is 0 Å². The van der Waals surface area contributed by atoms with Crippen molar-refractivity contribution in [3.05, 3.63) is 29.8 Å². The van der Waals surface area contributed by atoms with E-state index >= 15 is 0 Å². The van der Waals surface area contributed by atoms with Crippen molar-refractivity contribution in [3.8, 4) is 5.75 Å². The van der Waals surface area contributed by atoms with Gasteiger partial charge >= 0.3 is 60.7 Å². The molecule has 0 saturated heterocycles. The van der Waals surface area contributed by atoms with Crippen molar-refractivity contribution in [2.24, 2.45) is 0 Å². The first-order chi connectivity index (χ1) is 4.34. The number of hydrogen-bond donors (Lipinski definition) is 1. The van der Waals surface area contributed by atoms with Crippen LogP contribution in [0.1, 0.15) is 5.56 Å². The molecule has 0 amide bonds. The number of phenolic OH excluding ortho intramolecular Hbond substituents is 1. The van der Waals surface area contributed by atoms with Gasteiger partial charge in [0.05, 0.1) is 0 Å². The summed E-state index contributed by atoms with van der Waals surface area (Å²) in [6, 6.07) is 7.00. The van der Waals surface area contributed by atoms with Gasteiger partial charge in [-0.15, -0.1) is 0 Å². The van der Waals surface area contributed by atoms with Gasteiger partial charge in [0, 0.05) is 0 Å². The van der Waals surface area contributed by atoms with E-state index in [2.05, 4.69) is 15.0 Å². The van der Waals surface area contributed by atoms with E-state index in [0.717, 1.165) is 5.56 Å². The zero-order valence-corrected chi connectivity index (χ0v) is 5.64. The van der Waals surface area contributed by atoms with Gasteiger partial charge in [0.2, 0.25) is 0 Å². The summed E-state index contributed by atoms with van der Waals surface area (Å²) in [4.78, 5) is 1.50. The molecule has 0 heterocycles. The van der Waals surface area contributed by atoms with Crippen LogP contribution in [-0.4, -0.2) is 10.1 Å². The minimum absolute atomic E-state index is 0.253. The topological polar surface area (TPSA) is 20.2 Å². The molecule has 0 radical (unpaired) electrons. The molecule has 1 aromatic rings. The summed E-state index contributed by atoms with van der Waals surface area (Å²) in [5.41, 5.74) is 0.720. The second-order valence-electron chi connectivity index (χ2n) is 1.65. The molecule has 0 aliphatic carbocycles.